The molecule has 0 spiro atoms. The average Bonchev–Trinajstić information content (AvgIpc) is 3.64. The first-order valence-corrected chi connectivity index (χ1v) is 23.7. The molecule has 11 aromatic rings. The number of benzene rings is 11. The molecule has 0 N–H and O–H groups in total. The van der Waals surface area contributed by atoms with E-state index in [0.29, 0.717) is 0 Å². The molecule has 0 aromatic heterocycles. The van der Waals surface area contributed by atoms with E-state index in [1.165, 1.54) is 99.8 Å². The van der Waals surface area contributed by atoms with E-state index in [4.69, 9.17) is 0 Å². The van der Waals surface area contributed by atoms with Crippen LogP contribution < -0.4 is 4.90 Å². The van der Waals surface area contributed by atoms with E-state index in [-0.39, 0.29) is 5.41 Å². The van der Waals surface area contributed by atoms with Crippen LogP contribution in [0.5, 0.6) is 0 Å². The molecule has 1 aliphatic carbocycles. The van der Waals surface area contributed by atoms with Crippen LogP contribution in [0.3, 0.4) is 0 Å². The van der Waals surface area contributed by atoms with Crippen molar-refractivity contribution in [1.29, 1.82) is 0 Å². The van der Waals surface area contributed by atoms with Crippen LogP contribution >= 0.6 is 0 Å². The van der Waals surface area contributed by atoms with E-state index in [0.717, 1.165) is 17.1 Å². The summed E-state index contributed by atoms with van der Waals surface area (Å²) >= 11 is 0. The summed E-state index contributed by atoms with van der Waals surface area (Å²) in [5, 5.41) is 2.52. The number of hydrogen-bond acceptors (Lipinski definition) is 1. The van der Waals surface area contributed by atoms with Gasteiger partial charge in [-0.2, -0.15) is 0 Å². The second-order valence-corrected chi connectivity index (χ2v) is 18.4. The van der Waals surface area contributed by atoms with Gasteiger partial charge in [0.05, 0.1) is 5.69 Å². The molecule has 1 aliphatic rings. The van der Waals surface area contributed by atoms with Crippen LogP contribution in [0.25, 0.3) is 88.7 Å². The second-order valence-electron chi connectivity index (χ2n) is 18.4. The van der Waals surface area contributed by atoms with Gasteiger partial charge < -0.3 is 4.90 Å². The predicted molar refractivity (Wildman–Crippen MR) is 289 cm³/mol. The molecule has 1 nitrogen and oxygen atoms in total. The highest BCUT2D eigenvalue weighted by Crippen LogP contribution is 2.51. The zero-order valence-corrected chi connectivity index (χ0v) is 38.3. The summed E-state index contributed by atoms with van der Waals surface area (Å²) in [6.07, 6.45) is 0. The number of nitrogens with zero attached hydrogens (tertiary/aromatic N) is 1. The van der Waals surface area contributed by atoms with Crippen molar-refractivity contribution in [2.45, 2.75) is 19.3 Å². The Labute approximate surface area is 399 Å². The van der Waals surface area contributed by atoms with Crippen molar-refractivity contribution in [1.82, 2.24) is 0 Å². The van der Waals surface area contributed by atoms with Crippen molar-refractivity contribution in [2.75, 3.05) is 4.90 Å². The normalized spacial score (nSPS) is 12.4. The van der Waals surface area contributed by atoms with E-state index in [2.05, 4.69) is 280 Å². The van der Waals surface area contributed by atoms with Gasteiger partial charge in [0.25, 0.3) is 0 Å². The lowest BCUT2D eigenvalue weighted by Gasteiger charge is -2.30. The average molecular weight is 868 g/mol. The van der Waals surface area contributed by atoms with Crippen LogP contribution in [0.1, 0.15) is 25.0 Å². The van der Waals surface area contributed by atoms with Gasteiger partial charge in [-0.3, -0.25) is 0 Å². The fourth-order valence-corrected chi connectivity index (χ4v) is 10.7. The van der Waals surface area contributed by atoms with E-state index in [9.17, 15) is 0 Å². The van der Waals surface area contributed by atoms with Gasteiger partial charge in [0.15, 0.2) is 0 Å². The minimum atomic E-state index is -0.0947. The SMILES string of the molecule is CC1(C)c2ccccc2-c2ccc(-c3cccc(N(c4ccc(-c5ccc(-c6cccc7ccccc67)cc5)cc4)c4cccc(-c5ccccc5)c4-c4ccccc4-c4ccccc4)c3)cc21. The van der Waals surface area contributed by atoms with E-state index in [1.807, 2.05) is 0 Å². The molecule has 12 rings (SSSR count). The lowest BCUT2D eigenvalue weighted by Crippen LogP contribution is -2.15. The third-order valence-corrected chi connectivity index (χ3v) is 14.1. The molecule has 0 atom stereocenters. The molecule has 68 heavy (non-hydrogen) atoms. The van der Waals surface area contributed by atoms with Crippen LogP contribution in [0, 0.1) is 0 Å². The monoisotopic (exact) mass is 867 g/mol. The van der Waals surface area contributed by atoms with Gasteiger partial charge in [0, 0.05) is 22.4 Å². The summed E-state index contributed by atoms with van der Waals surface area (Å²) in [5.74, 6) is 0. The first kappa shape index (κ1) is 40.9. The zero-order chi connectivity index (χ0) is 45.6. The van der Waals surface area contributed by atoms with Gasteiger partial charge >= 0.3 is 0 Å². The topological polar surface area (TPSA) is 3.24 Å². The number of fused-ring (bicyclic) bond motifs is 4. The largest absolute Gasteiger partial charge is 0.310 e. The molecular weight excluding hydrogens is 819 g/mol. The Morgan fingerprint density at radius 2 is 0.765 bits per heavy atom. The minimum Gasteiger partial charge on any atom is -0.310 e. The van der Waals surface area contributed by atoms with Crippen LogP contribution in [-0.4, -0.2) is 0 Å². The predicted octanol–water partition coefficient (Wildman–Crippen LogP) is 18.6. The molecule has 0 fully saturated rings. The van der Waals surface area contributed by atoms with E-state index in [1.54, 1.807) is 0 Å². The maximum atomic E-state index is 2.47. The number of rotatable bonds is 9. The number of anilines is 3. The summed E-state index contributed by atoms with van der Waals surface area (Å²) in [5.41, 5.74) is 22.9. The van der Waals surface area contributed by atoms with E-state index >= 15 is 0 Å². The highest BCUT2D eigenvalue weighted by molar-refractivity contribution is 6.02. The van der Waals surface area contributed by atoms with Gasteiger partial charge in [-0.15, -0.1) is 0 Å². The summed E-state index contributed by atoms with van der Waals surface area (Å²) < 4.78 is 0. The van der Waals surface area contributed by atoms with E-state index < -0.39 is 0 Å². The highest BCUT2D eigenvalue weighted by Gasteiger charge is 2.35. The third kappa shape index (κ3) is 7.21. The molecule has 0 unspecified atom stereocenters. The first-order valence-electron chi connectivity index (χ1n) is 23.7. The summed E-state index contributed by atoms with van der Waals surface area (Å²) in [7, 11) is 0. The fourth-order valence-electron chi connectivity index (χ4n) is 10.7. The van der Waals surface area contributed by atoms with Crippen molar-refractivity contribution in [3.05, 3.63) is 272 Å². The lowest BCUT2D eigenvalue weighted by molar-refractivity contribution is 0.660. The quantitative estimate of drug-likeness (QED) is 0.140. The molecular formula is C67H49N. The van der Waals surface area contributed by atoms with Gasteiger partial charge in [0.1, 0.15) is 0 Å². The van der Waals surface area contributed by atoms with Crippen molar-refractivity contribution < 1.29 is 0 Å². The molecule has 0 aliphatic heterocycles. The van der Waals surface area contributed by atoms with Crippen molar-refractivity contribution in [2.24, 2.45) is 0 Å². The second kappa shape index (κ2) is 17.0. The Morgan fingerprint density at radius 3 is 1.53 bits per heavy atom. The maximum absolute atomic E-state index is 2.47. The summed E-state index contributed by atoms with van der Waals surface area (Å²) in [4.78, 5) is 2.47. The standard InChI is InChI=1S/C67H49N/c1-67(2)63-32-14-13-28-60(63)61-43-40-53(45-64(61)67)52-24-15-25-55(44-52)68(54-41-38-47(39-42-54)46-34-36-51(37-35-46)57-30-16-23-49-22-9-10-26-56(49)57)65-33-17-31-59(50-20-7-4-8-21-50)66(65)62-29-12-11-27-58(62)48-18-5-3-6-19-48/h3-45H,1-2H3. The van der Waals surface area contributed by atoms with Crippen LogP contribution in [0.15, 0.2) is 261 Å². The Kier molecular flexibility index (Phi) is 10.3. The molecule has 0 saturated carbocycles. The Hall–Kier alpha value is -8.52. The zero-order valence-electron chi connectivity index (χ0n) is 38.3. The first-order chi connectivity index (χ1) is 33.5. The van der Waals surface area contributed by atoms with Gasteiger partial charge in [-0.05, 0) is 131 Å². The molecule has 0 amide bonds. The molecule has 0 heterocycles. The minimum absolute atomic E-state index is 0.0947. The van der Waals surface area contributed by atoms with Gasteiger partial charge in [-0.1, -0.05) is 238 Å². The van der Waals surface area contributed by atoms with Crippen LogP contribution in [0.2, 0.25) is 0 Å². The molecule has 11 aromatic carbocycles. The molecule has 1 heteroatoms. The lowest BCUT2D eigenvalue weighted by atomic mass is 9.81. The molecule has 0 radical (unpaired) electrons. The Balaban J connectivity index is 1.02. The Morgan fingerprint density at radius 1 is 0.279 bits per heavy atom. The summed E-state index contributed by atoms with van der Waals surface area (Å²) in [6.45, 7) is 4.72. The Bertz CT molecular complexity index is 3620. The molecule has 322 valence electrons. The maximum Gasteiger partial charge on any atom is 0.0546 e. The highest BCUT2D eigenvalue weighted by atomic mass is 15.1. The molecule has 0 bridgehead atoms. The smallest absolute Gasteiger partial charge is 0.0546 e. The summed E-state index contributed by atoms with van der Waals surface area (Å²) in [6, 6.07) is 95.7. The fraction of sp³-hybridized carbons (Fsp3) is 0.0448. The molecule has 0 saturated heterocycles. The van der Waals surface area contributed by atoms with Crippen molar-refractivity contribution >= 4 is 27.8 Å². The van der Waals surface area contributed by atoms with Gasteiger partial charge in [0.2, 0.25) is 0 Å². The van der Waals surface area contributed by atoms with Crippen LogP contribution in [-0.2, 0) is 5.41 Å². The van der Waals surface area contributed by atoms with Crippen LogP contribution in [0.4, 0.5) is 17.1 Å². The van der Waals surface area contributed by atoms with Gasteiger partial charge in [-0.25, -0.2) is 0 Å². The number of hydrogen-bond donors (Lipinski definition) is 0. The van der Waals surface area contributed by atoms with Crippen molar-refractivity contribution in [3.63, 3.8) is 0 Å². The third-order valence-electron chi connectivity index (χ3n) is 14.1. The van der Waals surface area contributed by atoms with Crippen molar-refractivity contribution in [3.8, 4) is 77.9 Å².